The largest absolute Gasteiger partial charge is 0.486 e. The number of anilines is 1. The summed E-state index contributed by atoms with van der Waals surface area (Å²) < 4.78 is 11.1. The van der Waals surface area contributed by atoms with E-state index in [0.29, 0.717) is 26.5 Å². The van der Waals surface area contributed by atoms with Crippen LogP contribution in [0.2, 0.25) is 5.02 Å². The summed E-state index contributed by atoms with van der Waals surface area (Å²) >= 11 is 7.24. The molecule has 4 rings (SSSR count). The third-order valence-electron chi connectivity index (χ3n) is 3.94. The zero-order valence-corrected chi connectivity index (χ0v) is 16.8. The fourth-order valence-corrected chi connectivity index (χ4v) is 3.38. The van der Waals surface area contributed by atoms with E-state index in [1.54, 1.807) is 24.3 Å². The fourth-order valence-electron chi connectivity index (χ4n) is 2.54. The Morgan fingerprint density at radius 2 is 2.03 bits per heavy atom. The van der Waals surface area contributed by atoms with Gasteiger partial charge in [-0.3, -0.25) is 10.1 Å². The molecule has 4 aromatic rings. The van der Waals surface area contributed by atoms with Gasteiger partial charge < -0.3 is 9.15 Å². The predicted molar refractivity (Wildman–Crippen MR) is 110 cm³/mol. The highest BCUT2D eigenvalue weighted by atomic mass is 35.5. The van der Waals surface area contributed by atoms with Gasteiger partial charge in [0.05, 0.1) is 0 Å². The average molecular weight is 427 g/mol. The van der Waals surface area contributed by atoms with Crippen LogP contribution in [0.5, 0.6) is 5.75 Å². The summed E-state index contributed by atoms with van der Waals surface area (Å²) in [6.45, 7) is 2.27. The highest BCUT2D eigenvalue weighted by molar-refractivity contribution is 7.15. The van der Waals surface area contributed by atoms with Gasteiger partial charge in [-0.25, -0.2) is 4.98 Å². The van der Waals surface area contributed by atoms with Gasteiger partial charge in [0.2, 0.25) is 5.13 Å². The van der Waals surface area contributed by atoms with Gasteiger partial charge in [0.15, 0.2) is 22.9 Å². The van der Waals surface area contributed by atoms with Crippen LogP contribution in [0.25, 0.3) is 11.3 Å². The Bertz CT molecular complexity index is 1140. The van der Waals surface area contributed by atoms with E-state index in [-0.39, 0.29) is 12.3 Å². The van der Waals surface area contributed by atoms with Crippen molar-refractivity contribution < 1.29 is 13.9 Å². The molecule has 9 heteroatoms. The molecule has 0 atom stereocenters. The highest BCUT2D eigenvalue weighted by Gasteiger charge is 2.20. The maximum absolute atomic E-state index is 12.6. The molecule has 0 unspecified atom stereocenters. The second-order valence-corrected chi connectivity index (χ2v) is 7.60. The number of oxazole rings is 1. The van der Waals surface area contributed by atoms with Gasteiger partial charge in [-0.2, -0.15) is 0 Å². The Morgan fingerprint density at radius 1 is 1.21 bits per heavy atom. The maximum atomic E-state index is 12.6. The van der Waals surface area contributed by atoms with E-state index in [1.807, 2.05) is 31.2 Å². The summed E-state index contributed by atoms with van der Waals surface area (Å²) in [5.74, 6) is 0.624. The molecule has 0 aliphatic rings. The Hall–Kier alpha value is -3.23. The third kappa shape index (κ3) is 4.61. The minimum Gasteiger partial charge on any atom is -0.486 e. The Morgan fingerprint density at radius 3 is 2.83 bits per heavy atom. The van der Waals surface area contributed by atoms with Crippen molar-refractivity contribution in [2.45, 2.75) is 13.5 Å². The summed E-state index contributed by atoms with van der Waals surface area (Å²) in [5, 5.41) is 12.2. The monoisotopic (exact) mass is 426 g/mol. The molecule has 0 aliphatic carbocycles. The molecule has 0 saturated carbocycles. The molecule has 1 amide bonds. The molecule has 146 valence electrons. The first-order valence-electron chi connectivity index (χ1n) is 8.61. The van der Waals surface area contributed by atoms with Crippen molar-refractivity contribution in [1.82, 2.24) is 15.2 Å². The Labute approximate surface area is 175 Å². The maximum Gasteiger partial charge on any atom is 0.280 e. The van der Waals surface area contributed by atoms with Gasteiger partial charge in [0, 0.05) is 10.6 Å². The molecule has 7 nitrogen and oxygen atoms in total. The van der Waals surface area contributed by atoms with E-state index in [0.717, 1.165) is 11.3 Å². The zero-order valence-electron chi connectivity index (χ0n) is 15.3. The van der Waals surface area contributed by atoms with Crippen LogP contribution in [0.1, 0.15) is 21.1 Å². The lowest BCUT2D eigenvalue weighted by molar-refractivity contribution is 0.102. The van der Waals surface area contributed by atoms with E-state index in [1.165, 1.54) is 17.7 Å². The molecular weight excluding hydrogens is 412 g/mol. The van der Waals surface area contributed by atoms with E-state index < -0.39 is 5.91 Å². The predicted octanol–water partition coefficient (Wildman–Crippen LogP) is 4.99. The lowest BCUT2D eigenvalue weighted by Gasteiger charge is -2.03. The number of carbonyl (C=O) groups excluding carboxylic acids is 1. The molecule has 0 radical (unpaired) electrons. The van der Waals surface area contributed by atoms with Crippen molar-refractivity contribution in [2.24, 2.45) is 0 Å². The minimum atomic E-state index is -0.448. The zero-order chi connectivity index (χ0) is 20.2. The number of hydrogen-bond acceptors (Lipinski definition) is 7. The van der Waals surface area contributed by atoms with Crippen LogP contribution in [0.4, 0.5) is 5.13 Å². The SMILES string of the molecule is Cc1ccc(OCc2nnc(NC(=O)c3ncoc3-c3cccc(Cl)c3)s2)cc1. The van der Waals surface area contributed by atoms with Crippen LogP contribution in [0.15, 0.2) is 59.3 Å². The molecule has 2 aromatic carbocycles. The quantitative estimate of drug-likeness (QED) is 0.467. The van der Waals surface area contributed by atoms with Crippen molar-refractivity contribution in [2.75, 3.05) is 5.32 Å². The van der Waals surface area contributed by atoms with Gasteiger partial charge >= 0.3 is 0 Å². The standard InChI is InChI=1S/C20H15ClN4O3S/c1-12-5-7-15(8-6-12)27-10-16-24-25-20(29-16)23-19(26)17-18(28-11-22-17)13-3-2-4-14(21)9-13/h2-9,11H,10H2,1H3,(H,23,25,26). The molecule has 1 N–H and O–H groups in total. The van der Waals surface area contributed by atoms with Crippen LogP contribution in [0, 0.1) is 6.92 Å². The van der Waals surface area contributed by atoms with E-state index in [9.17, 15) is 4.79 Å². The second-order valence-electron chi connectivity index (χ2n) is 6.10. The van der Waals surface area contributed by atoms with Crippen LogP contribution in [-0.4, -0.2) is 21.1 Å². The Kier molecular flexibility index (Phi) is 5.55. The minimum absolute atomic E-state index is 0.139. The van der Waals surface area contributed by atoms with Crippen LogP contribution in [-0.2, 0) is 6.61 Å². The number of aromatic nitrogens is 3. The summed E-state index contributed by atoms with van der Waals surface area (Å²) in [7, 11) is 0. The number of rotatable bonds is 6. The number of aryl methyl sites for hydroxylation is 1. The first-order chi connectivity index (χ1) is 14.1. The molecule has 0 aliphatic heterocycles. The average Bonchev–Trinajstić information content (AvgIpc) is 3.37. The topological polar surface area (TPSA) is 90.1 Å². The number of nitrogens with zero attached hydrogens (tertiary/aromatic N) is 3. The molecule has 29 heavy (non-hydrogen) atoms. The molecule has 2 heterocycles. The van der Waals surface area contributed by atoms with Gasteiger partial charge in [0.1, 0.15) is 12.4 Å². The summed E-state index contributed by atoms with van der Waals surface area (Å²) in [5.41, 5.74) is 1.95. The number of carbonyl (C=O) groups is 1. The smallest absolute Gasteiger partial charge is 0.280 e. The third-order valence-corrected chi connectivity index (χ3v) is 4.99. The number of benzene rings is 2. The van der Waals surface area contributed by atoms with Crippen molar-refractivity contribution in [1.29, 1.82) is 0 Å². The number of hydrogen-bond donors (Lipinski definition) is 1. The number of ether oxygens (including phenoxy) is 1. The van der Waals surface area contributed by atoms with E-state index in [2.05, 4.69) is 20.5 Å². The normalized spacial score (nSPS) is 10.7. The van der Waals surface area contributed by atoms with Gasteiger partial charge in [-0.15, -0.1) is 10.2 Å². The van der Waals surface area contributed by atoms with Crippen molar-refractivity contribution >= 4 is 34.0 Å². The summed E-state index contributed by atoms with van der Waals surface area (Å²) in [6, 6.07) is 14.7. The highest BCUT2D eigenvalue weighted by Crippen LogP contribution is 2.27. The van der Waals surface area contributed by atoms with Gasteiger partial charge in [-0.1, -0.05) is 52.8 Å². The molecular formula is C20H15ClN4O3S. The van der Waals surface area contributed by atoms with Crippen molar-refractivity contribution in [3.8, 4) is 17.1 Å². The molecule has 2 aromatic heterocycles. The van der Waals surface area contributed by atoms with E-state index in [4.69, 9.17) is 20.8 Å². The molecule has 0 saturated heterocycles. The summed E-state index contributed by atoms with van der Waals surface area (Å²) in [6.07, 6.45) is 1.21. The van der Waals surface area contributed by atoms with Gasteiger partial charge in [-0.05, 0) is 31.2 Å². The summed E-state index contributed by atoms with van der Waals surface area (Å²) in [4.78, 5) is 16.6. The first kappa shape index (κ1) is 19.1. The van der Waals surface area contributed by atoms with Crippen molar-refractivity contribution in [3.63, 3.8) is 0 Å². The fraction of sp³-hybridized carbons (Fsp3) is 0.100. The molecule has 0 fully saturated rings. The molecule has 0 spiro atoms. The first-order valence-corrected chi connectivity index (χ1v) is 9.80. The lowest BCUT2D eigenvalue weighted by Crippen LogP contribution is -2.13. The van der Waals surface area contributed by atoms with Gasteiger partial charge in [0.25, 0.3) is 5.91 Å². The lowest BCUT2D eigenvalue weighted by atomic mass is 10.1. The molecule has 0 bridgehead atoms. The van der Waals surface area contributed by atoms with Crippen LogP contribution in [0.3, 0.4) is 0 Å². The number of amides is 1. The number of halogens is 1. The number of nitrogens with one attached hydrogen (secondary N) is 1. The second kappa shape index (κ2) is 8.42. The Balaban J connectivity index is 1.42. The van der Waals surface area contributed by atoms with Crippen LogP contribution < -0.4 is 10.1 Å². The van der Waals surface area contributed by atoms with E-state index >= 15 is 0 Å². The van der Waals surface area contributed by atoms with Crippen molar-refractivity contribution in [3.05, 3.63) is 76.2 Å². The van der Waals surface area contributed by atoms with Crippen LogP contribution >= 0.6 is 22.9 Å².